The minimum atomic E-state index is -0.635. The first-order valence-electron chi connectivity index (χ1n) is 8.61. The van der Waals surface area contributed by atoms with Crippen molar-refractivity contribution in [2.75, 3.05) is 13.2 Å². The first-order valence-corrected chi connectivity index (χ1v) is 9.49. The Labute approximate surface area is 157 Å². The standard InChI is InChI=1S/C18H26N4O3S/c1-13(2)9-15(20-17(24)16-5-4-8-26-16)18(25)22(6-7-23)11-14-10-19-12-21(14)3/h4-5,8,10,12-13,15,23H,6-7,9,11H2,1-3H3,(H,20,24). The smallest absolute Gasteiger partial charge is 0.261 e. The summed E-state index contributed by atoms with van der Waals surface area (Å²) in [6.07, 6.45) is 3.89. The van der Waals surface area contributed by atoms with Crippen molar-refractivity contribution in [2.45, 2.75) is 32.9 Å². The lowest BCUT2D eigenvalue weighted by atomic mass is 10.0. The topological polar surface area (TPSA) is 87.5 Å². The number of aliphatic hydroxyl groups is 1. The van der Waals surface area contributed by atoms with Crippen molar-refractivity contribution in [1.82, 2.24) is 19.8 Å². The molecular weight excluding hydrogens is 352 g/mol. The van der Waals surface area contributed by atoms with Crippen LogP contribution in [0.3, 0.4) is 0 Å². The van der Waals surface area contributed by atoms with Gasteiger partial charge in [-0.25, -0.2) is 4.98 Å². The number of carbonyl (C=O) groups excluding carboxylic acids is 2. The third-order valence-electron chi connectivity index (χ3n) is 4.01. The number of aliphatic hydroxyl groups excluding tert-OH is 1. The minimum absolute atomic E-state index is 0.142. The van der Waals surface area contributed by atoms with Crippen LogP contribution in [0.25, 0.3) is 0 Å². The van der Waals surface area contributed by atoms with E-state index in [-0.39, 0.29) is 30.9 Å². The molecule has 2 N–H and O–H groups in total. The fourth-order valence-electron chi connectivity index (χ4n) is 2.67. The summed E-state index contributed by atoms with van der Waals surface area (Å²) < 4.78 is 1.83. The zero-order chi connectivity index (χ0) is 19.1. The fraction of sp³-hybridized carbons (Fsp3) is 0.500. The van der Waals surface area contributed by atoms with Crippen LogP contribution in [0.5, 0.6) is 0 Å². The number of amides is 2. The summed E-state index contributed by atoms with van der Waals surface area (Å²) in [6, 6.07) is 2.90. The number of aromatic nitrogens is 2. The number of nitrogens with zero attached hydrogens (tertiary/aromatic N) is 3. The quantitative estimate of drug-likeness (QED) is 0.694. The second kappa shape index (κ2) is 9.49. The molecule has 0 aromatic carbocycles. The highest BCUT2D eigenvalue weighted by Crippen LogP contribution is 2.14. The van der Waals surface area contributed by atoms with E-state index in [4.69, 9.17) is 0 Å². The van der Waals surface area contributed by atoms with E-state index in [0.717, 1.165) is 5.69 Å². The summed E-state index contributed by atoms with van der Waals surface area (Å²) in [4.78, 5) is 31.7. The molecule has 0 saturated carbocycles. The molecule has 2 rings (SSSR count). The van der Waals surface area contributed by atoms with E-state index < -0.39 is 6.04 Å². The predicted octanol–water partition coefficient (Wildman–Crippen LogP) is 1.65. The lowest BCUT2D eigenvalue weighted by molar-refractivity contribution is -0.134. The van der Waals surface area contributed by atoms with E-state index >= 15 is 0 Å². The monoisotopic (exact) mass is 378 g/mol. The van der Waals surface area contributed by atoms with Crippen LogP contribution in [-0.2, 0) is 18.4 Å². The van der Waals surface area contributed by atoms with Gasteiger partial charge in [0.1, 0.15) is 6.04 Å². The van der Waals surface area contributed by atoms with Crippen LogP contribution in [0, 0.1) is 5.92 Å². The molecule has 142 valence electrons. The number of rotatable bonds is 9. The highest BCUT2D eigenvalue weighted by molar-refractivity contribution is 7.12. The third-order valence-corrected chi connectivity index (χ3v) is 4.88. The van der Waals surface area contributed by atoms with Crippen molar-refractivity contribution in [1.29, 1.82) is 0 Å². The lowest BCUT2D eigenvalue weighted by Crippen LogP contribution is -2.49. The van der Waals surface area contributed by atoms with Crippen LogP contribution in [0.4, 0.5) is 0 Å². The molecule has 7 nitrogen and oxygen atoms in total. The van der Waals surface area contributed by atoms with Crippen LogP contribution < -0.4 is 5.32 Å². The van der Waals surface area contributed by atoms with Gasteiger partial charge in [-0.3, -0.25) is 9.59 Å². The Bertz CT molecular complexity index is 712. The van der Waals surface area contributed by atoms with Gasteiger partial charge >= 0.3 is 0 Å². The maximum absolute atomic E-state index is 13.1. The Morgan fingerprint density at radius 1 is 1.42 bits per heavy atom. The Kier molecular flexibility index (Phi) is 7.35. The molecule has 0 aliphatic heterocycles. The SMILES string of the molecule is CC(C)CC(NC(=O)c1cccs1)C(=O)N(CCO)Cc1cncn1C. The molecule has 0 saturated heterocycles. The summed E-state index contributed by atoms with van der Waals surface area (Å²) in [5.74, 6) is -0.206. The Balaban J connectivity index is 2.15. The second-order valence-corrected chi connectivity index (χ2v) is 7.56. The van der Waals surface area contributed by atoms with Crippen LogP contribution in [0.1, 0.15) is 35.6 Å². The molecule has 8 heteroatoms. The molecule has 0 aliphatic carbocycles. The van der Waals surface area contributed by atoms with Gasteiger partial charge in [0.2, 0.25) is 5.91 Å². The summed E-state index contributed by atoms with van der Waals surface area (Å²) >= 11 is 1.34. The zero-order valence-electron chi connectivity index (χ0n) is 15.4. The third kappa shape index (κ3) is 5.40. The Hall–Kier alpha value is -2.19. The number of hydrogen-bond acceptors (Lipinski definition) is 5. The van der Waals surface area contributed by atoms with Crippen LogP contribution in [0.2, 0.25) is 0 Å². The number of aryl methyl sites for hydroxylation is 1. The highest BCUT2D eigenvalue weighted by Gasteiger charge is 2.27. The number of thiophene rings is 1. The van der Waals surface area contributed by atoms with Gasteiger partial charge in [0, 0.05) is 19.8 Å². The highest BCUT2D eigenvalue weighted by atomic mass is 32.1. The lowest BCUT2D eigenvalue weighted by Gasteiger charge is -2.28. The number of carbonyl (C=O) groups is 2. The molecule has 1 unspecified atom stereocenters. The van der Waals surface area contributed by atoms with E-state index in [0.29, 0.717) is 17.8 Å². The Morgan fingerprint density at radius 3 is 2.73 bits per heavy atom. The van der Waals surface area contributed by atoms with E-state index in [1.165, 1.54) is 11.3 Å². The molecule has 0 aliphatic rings. The van der Waals surface area contributed by atoms with E-state index in [1.54, 1.807) is 29.6 Å². The molecule has 2 heterocycles. The first-order chi connectivity index (χ1) is 12.4. The van der Waals surface area contributed by atoms with Crippen molar-refractivity contribution in [3.05, 3.63) is 40.6 Å². The maximum Gasteiger partial charge on any atom is 0.261 e. The van der Waals surface area contributed by atoms with E-state index in [9.17, 15) is 14.7 Å². The van der Waals surface area contributed by atoms with Gasteiger partial charge in [0.05, 0.1) is 30.1 Å². The van der Waals surface area contributed by atoms with E-state index in [2.05, 4.69) is 10.3 Å². The summed E-state index contributed by atoms with van der Waals surface area (Å²) in [7, 11) is 1.86. The zero-order valence-corrected chi connectivity index (χ0v) is 16.2. The first kappa shape index (κ1) is 20.1. The molecule has 0 radical (unpaired) electrons. The normalized spacial score (nSPS) is 12.2. The second-order valence-electron chi connectivity index (χ2n) is 6.61. The van der Waals surface area contributed by atoms with Gasteiger partial charge in [0.15, 0.2) is 0 Å². The van der Waals surface area contributed by atoms with Crippen LogP contribution in [0.15, 0.2) is 30.0 Å². The number of hydrogen-bond donors (Lipinski definition) is 2. The van der Waals surface area contributed by atoms with Crippen molar-refractivity contribution in [3.8, 4) is 0 Å². The summed E-state index contributed by atoms with van der Waals surface area (Å²) in [6.45, 7) is 4.41. The molecule has 1 atom stereocenters. The molecule has 0 spiro atoms. The minimum Gasteiger partial charge on any atom is -0.395 e. The van der Waals surface area contributed by atoms with Crippen molar-refractivity contribution >= 4 is 23.2 Å². The molecule has 26 heavy (non-hydrogen) atoms. The largest absolute Gasteiger partial charge is 0.395 e. The van der Waals surface area contributed by atoms with Gasteiger partial charge in [-0.15, -0.1) is 11.3 Å². The van der Waals surface area contributed by atoms with Crippen molar-refractivity contribution < 1.29 is 14.7 Å². The fourth-order valence-corrected chi connectivity index (χ4v) is 3.30. The number of nitrogens with one attached hydrogen (secondary N) is 1. The van der Waals surface area contributed by atoms with Crippen molar-refractivity contribution in [3.63, 3.8) is 0 Å². The predicted molar refractivity (Wildman–Crippen MR) is 101 cm³/mol. The van der Waals surface area contributed by atoms with Gasteiger partial charge in [0.25, 0.3) is 5.91 Å². The van der Waals surface area contributed by atoms with Crippen molar-refractivity contribution in [2.24, 2.45) is 13.0 Å². The van der Waals surface area contributed by atoms with Crippen LogP contribution in [-0.4, -0.2) is 50.6 Å². The molecule has 2 aromatic heterocycles. The molecular formula is C18H26N4O3S. The summed E-state index contributed by atoms with van der Waals surface area (Å²) in [5, 5.41) is 14.1. The van der Waals surface area contributed by atoms with Gasteiger partial charge < -0.3 is 19.9 Å². The van der Waals surface area contributed by atoms with Gasteiger partial charge in [-0.1, -0.05) is 19.9 Å². The van der Waals surface area contributed by atoms with Gasteiger partial charge in [-0.05, 0) is 23.8 Å². The molecule has 2 amide bonds. The van der Waals surface area contributed by atoms with Gasteiger partial charge in [-0.2, -0.15) is 0 Å². The Morgan fingerprint density at radius 2 is 2.19 bits per heavy atom. The average Bonchev–Trinajstić information content (AvgIpc) is 3.25. The van der Waals surface area contributed by atoms with Crippen LogP contribution >= 0.6 is 11.3 Å². The molecule has 2 aromatic rings. The summed E-state index contributed by atoms with van der Waals surface area (Å²) in [5.41, 5.74) is 0.861. The molecule has 0 fully saturated rings. The van der Waals surface area contributed by atoms with E-state index in [1.807, 2.05) is 30.8 Å². The average molecular weight is 378 g/mol. The number of imidazole rings is 1. The molecule has 0 bridgehead atoms. The maximum atomic E-state index is 13.1.